The number of hydrogen-bond donors (Lipinski definition) is 1. The second-order valence-electron chi connectivity index (χ2n) is 8.36. The van der Waals surface area contributed by atoms with Crippen molar-refractivity contribution in [2.24, 2.45) is 11.1 Å². The maximum Gasteiger partial charge on any atom is 0.281 e. The number of amides is 1. The quantitative estimate of drug-likeness (QED) is 0.850. The van der Waals surface area contributed by atoms with Gasteiger partial charge in [-0.2, -0.15) is 17.0 Å². The van der Waals surface area contributed by atoms with Crippen LogP contribution < -0.4 is 5.73 Å². The van der Waals surface area contributed by atoms with Crippen LogP contribution in [0.2, 0.25) is 0 Å². The van der Waals surface area contributed by atoms with Crippen LogP contribution in [0, 0.1) is 5.41 Å². The average Bonchev–Trinajstić information content (AvgIpc) is 2.59. The van der Waals surface area contributed by atoms with E-state index in [1.54, 1.807) is 26.2 Å². The molecule has 0 atom stereocenters. The molecule has 1 aromatic rings. The molecule has 1 fully saturated rings. The number of rotatable bonds is 3. The number of aromatic nitrogens is 1. The lowest BCUT2D eigenvalue weighted by atomic mass is 9.77. The Morgan fingerprint density at radius 3 is 2.37 bits per heavy atom. The normalized spacial score (nSPS) is 23.8. The van der Waals surface area contributed by atoms with E-state index >= 15 is 0 Å². The predicted molar refractivity (Wildman–Crippen MR) is 105 cm³/mol. The number of pyridine rings is 1. The smallest absolute Gasteiger partial charge is 0.281 e. The van der Waals surface area contributed by atoms with Crippen molar-refractivity contribution in [3.8, 4) is 0 Å². The summed E-state index contributed by atoms with van der Waals surface area (Å²) in [7, 11) is -0.249. The first kappa shape index (κ1) is 20.0. The van der Waals surface area contributed by atoms with Gasteiger partial charge in [-0.15, -0.1) is 0 Å². The van der Waals surface area contributed by atoms with Gasteiger partial charge in [0.25, 0.3) is 16.1 Å². The molecule has 1 aliphatic heterocycles. The van der Waals surface area contributed by atoms with Crippen molar-refractivity contribution in [2.75, 3.05) is 27.2 Å². The molecule has 1 amide bonds. The lowest BCUT2D eigenvalue weighted by molar-refractivity contribution is 0.0999. The topological polar surface area (TPSA) is 96.6 Å². The number of allylic oxidation sites excluding steroid dienone is 2. The van der Waals surface area contributed by atoms with E-state index in [0.29, 0.717) is 24.3 Å². The van der Waals surface area contributed by atoms with Crippen molar-refractivity contribution < 1.29 is 13.2 Å². The number of hydrogen-bond acceptors (Lipinski definition) is 4. The van der Waals surface area contributed by atoms with E-state index in [1.807, 2.05) is 0 Å². The summed E-state index contributed by atoms with van der Waals surface area (Å²) in [5, 5.41) is 0. The van der Waals surface area contributed by atoms with Gasteiger partial charge in [-0.1, -0.05) is 19.9 Å². The SMILES string of the molecule is CN1CC(c2ccc(C(N)=O)c(C3=CCC(C)(C)CC3)n2)CN(C)S1(=O)=O. The van der Waals surface area contributed by atoms with Crippen LogP contribution in [0.25, 0.3) is 5.57 Å². The highest BCUT2D eigenvalue weighted by Gasteiger charge is 2.35. The van der Waals surface area contributed by atoms with Crippen molar-refractivity contribution in [1.82, 2.24) is 13.6 Å². The number of nitrogens with two attached hydrogens (primary N) is 1. The predicted octanol–water partition coefficient (Wildman–Crippen LogP) is 1.98. The minimum atomic E-state index is -3.39. The molecule has 0 aromatic carbocycles. The molecule has 1 aromatic heterocycles. The molecule has 3 rings (SSSR count). The van der Waals surface area contributed by atoms with E-state index in [-0.39, 0.29) is 11.3 Å². The Labute approximate surface area is 161 Å². The maximum absolute atomic E-state index is 12.2. The lowest BCUT2D eigenvalue weighted by Gasteiger charge is -2.35. The van der Waals surface area contributed by atoms with Crippen LogP contribution >= 0.6 is 0 Å². The highest BCUT2D eigenvalue weighted by atomic mass is 32.2. The van der Waals surface area contributed by atoms with Gasteiger partial charge in [0.2, 0.25) is 0 Å². The van der Waals surface area contributed by atoms with Gasteiger partial charge in [-0.25, -0.2) is 0 Å². The summed E-state index contributed by atoms with van der Waals surface area (Å²) in [5.41, 5.74) is 8.74. The van der Waals surface area contributed by atoms with Crippen molar-refractivity contribution in [3.05, 3.63) is 35.2 Å². The number of carbonyl (C=O) groups is 1. The molecule has 2 N–H and O–H groups in total. The third-order valence-corrected chi connectivity index (χ3v) is 7.49. The molecule has 0 unspecified atom stereocenters. The molecule has 7 nitrogen and oxygen atoms in total. The molecule has 2 heterocycles. The highest BCUT2D eigenvalue weighted by Crippen LogP contribution is 2.38. The third-order valence-electron chi connectivity index (χ3n) is 5.62. The fourth-order valence-electron chi connectivity index (χ4n) is 3.73. The Morgan fingerprint density at radius 2 is 1.85 bits per heavy atom. The lowest BCUT2D eigenvalue weighted by Crippen LogP contribution is -2.49. The van der Waals surface area contributed by atoms with Gasteiger partial charge >= 0.3 is 0 Å². The summed E-state index contributed by atoms with van der Waals surface area (Å²) >= 11 is 0. The first-order chi connectivity index (χ1) is 12.5. The Bertz CT molecular complexity index is 874. The van der Waals surface area contributed by atoms with Crippen LogP contribution in [0.4, 0.5) is 0 Å². The Kier molecular flexibility index (Phi) is 5.18. The van der Waals surface area contributed by atoms with Crippen molar-refractivity contribution in [1.29, 1.82) is 0 Å². The molecule has 148 valence electrons. The average molecular weight is 393 g/mol. The molecule has 1 aliphatic carbocycles. The van der Waals surface area contributed by atoms with Crippen LogP contribution in [0.5, 0.6) is 0 Å². The first-order valence-electron chi connectivity index (χ1n) is 9.19. The molecule has 1 saturated heterocycles. The van der Waals surface area contributed by atoms with Crippen LogP contribution in [0.3, 0.4) is 0 Å². The van der Waals surface area contributed by atoms with Crippen molar-refractivity contribution in [3.63, 3.8) is 0 Å². The molecule has 0 radical (unpaired) electrons. The van der Waals surface area contributed by atoms with E-state index in [2.05, 4.69) is 19.9 Å². The molecular formula is C19H28N4O3S. The zero-order chi connectivity index (χ0) is 20.0. The van der Waals surface area contributed by atoms with Crippen LogP contribution in [-0.2, 0) is 10.2 Å². The molecule has 0 spiro atoms. The van der Waals surface area contributed by atoms with Crippen LogP contribution in [0.15, 0.2) is 18.2 Å². The molecule has 2 aliphatic rings. The Hall–Kier alpha value is -1.77. The summed E-state index contributed by atoms with van der Waals surface area (Å²) in [5.74, 6) is -0.555. The minimum absolute atomic E-state index is 0.0650. The zero-order valence-corrected chi connectivity index (χ0v) is 17.2. The van der Waals surface area contributed by atoms with E-state index in [9.17, 15) is 13.2 Å². The minimum Gasteiger partial charge on any atom is -0.366 e. The number of carbonyl (C=O) groups excluding carboxylic acids is 1. The Morgan fingerprint density at radius 1 is 1.22 bits per heavy atom. The van der Waals surface area contributed by atoms with E-state index in [4.69, 9.17) is 10.7 Å². The Balaban J connectivity index is 1.98. The summed E-state index contributed by atoms with van der Waals surface area (Å²) in [6, 6.07) is 3.52. The molecule has 27 heavy (non-hydrogen) atoms. The van der Waals surface area contributed by atoms with E-state index in [1.165, 1.54) is 8.61 Å². The van der Waals surface area contributed by atoms with Gasteiger partial charge in [-0.3, -0.25) is 9.78 Å². The summed E-state index contributed by atoms with van der Waals surface area (Å²) < 4.78 is 27.0. The van der Waals surface area contributed by atoms with Gasteiger partial charge in [0, 0.05) is 38.8 Å². The second kappa shape index (κ2) is 7.00. The molecule has 0 bridgehead atoms. The highest BCUT2D eigenvalue weighted by molar-refractivity contribution is 7.86. The summed E-state index contributed by atoms with van der Waals surface area (Å²) in [6.07, 6.45) is 4.96. The summed E-state index contributed by atoms with van der Waals surface area (Å²) in [4.78, 5) is 16.7. The standard InChI is InChI=1S/C19H28N4O3S/c1-19(2)9-7-13(8-10-19)17-15(18(20)24)5-6-16(21-17)14-11-22(3)27(25,26)23(4)12-14/h5-7,14H,8-12H2,1-4H3,(H2,20,24). The largest absolute Gasteiger partial charge is 0.366 e. The molecule has 8 heteroatoms. The van der Waals surface area contributed by atoms with Gasteiger partial charge in [0.1, 0.15) is 0 Å². The van der Waals surface area contributed by atoms with Gasteiger partial charge in [-0.05, 0) is 42.4 Å². The van der Waals surface area contributed by atoms with Crippen LogP contribution in [-0.4, -0.2) is 55.1 Å². The number of likely N-dealkylation sites (N-methyl/N-ethyl adjacent to an activating group) is 2. The monoisotopic (exact) mass is 392 g/mol. The van der Waals surface area contributed by atoms with E-state index in [0.717, 1.165) is 30.5 Å². The molecule has 0 saturated carbocycles. The molecular weight excluding hydrogens is 364 g/mol. The first-order valence-corrected chi connectivity index (χ1v) is 10.6. The fraction of sp³-hybridized carbons (Fsp3) is 0.579. The van der Waals surface area contributed by atoms with Crippen molar-refractivity contribution >= 4 is 21.7 Å². The number of primary amides is 1. The van der Waals surface area contributed by atoms with E-state index < -0.39 is 16.1 Å². The number of nitrogens with zero attached hydrogens (tertiary/aromatic N) is 3. The van der Waals surface area contributed by atoms with Crippen LogP contribution in [0.1, 0.15) is 60.8 Å². The second-order valence-corrected chi connectivity index (χ2v) is 10.5. The van der Waals surface area contributed by atoms with Gasteiger partial charge < -0.3 is 5.73 Å². The maximum atomic E-state index is 12.2. The fourth-order valence-corrected chi connectivity index (χ4v) is 4.94. The third kappa shape index (κ3) is 3.93. The summed E-state index contributed by atoms with van der Waals surface area (Å²) in [6.45, 7) is 5.18. The van der Waals surface area contributed by atoms with Gasteiger partial charge in [0.15, 0.2) is 0 Å². The zero-order valence-electron chi connectivity index (χ0n) is 16.4. The van der Waals surface area contributed by atoms with Crippen molar-refractivity contribution in [2.45, 2.75) is 39.0 Å². The van der Waals surface area contributed by atoms with Gasteiger partial charge in [0.05, 0.1) is 11.3 Å².